The number of aromatic amines is 1. The molecule has 1 aromatic heterocycles. The number of rotatable bonds is 10. The number of fused-ring (bicyclic) bond motifs is 1. The van der Waals surface area contributed by atoms with Crippen molar-refractivity contribution in [3.63, 3.8) is 0 Å². The van der Waals surface area contributed by atoms with E-state index in [1.54, 1.807) is 12.4 Å². The summed E-state index contributed by atoms with van der Waals surface area (Å²) in [5.41, 5.74) is 0.691. The number of imidazole rings is 1. The summed E-state index contributed by atoms with van der Waals surface area (Å²) < 4.78 is 10.6. The fraction of sp³-hybridized carbons (Fsp3) is 0.182. The van der Waals surface area contributed by atoms with Crippen LogP contribution in [0.15, 0.2) is 61.4 Å². The molecule has 1 amide bonds. The van der Waals surface area contributed by atoms with Gasteiger partial charge >= 0.3 is 6.09 Å². The molecule has 0 aliphatic carbocycles. The van der Waals surface area contributed by atoms with Gasteiger partial charge in [-0.2, -0.15) is 0 Å². The zero-order valence-corrected chi connectivity index (χ0v) is 16.2. The molecule has 8 heteroatoms. The Bertz CT molecular complexity index is 1050. The highest BCUT2D eigenvalue weighted by Crippen LogP contribution is 2.32. The maximum atomic E-state index is 12.6. The molecule has 3 rings (SSSR count). The van der Waals surface area contributed by atoms with Gasteiger partial charge in [0.2, 0.25) is 0 Å². The third-order valence-electron chi connectivity index (χ3n) is 4.32. The second kappa shape index (κ2) is 10.0. The molecule has 8 nitrogen and oxygen atoms in total. The topological polar surface area (TPSA) is 110 Å². The minimum Gasteiger partial charge on any atom is -0.485 e. The smallest absolute Gasteiger partial charge is 0.408 e. The molecule has 0 saturated carbocycles. The summed E-state index contributed by atoms with van der Waals surface area (Å²) in [5.74, 6) is 0.589. The van der Waals surface area contributed by atoms with Crippen LogP contribution in [-0.4, -0.2) is 47.4 Å². The Labute approximate surface area is 172 Å². The summed E-state index contributed by atoms with van der Waals surface area (Å²) >= 11 is 0. The number of ketones is 1. The number of carbonyl (C=O) groups is 3. The molecule has 0 spiro atoms. The summed E-state index contributed by atoms with van der Waals surface area (Å²) in [6.45, 7) is 3.09. The molecule has 2 aromatic carbocycles. The van der Waals surface area contributed by atoms with Crippen LogP contribution < -0.4 is 10.1 Å². The van der Waals surface area contributed by atoms with Crippen LogP contribution in [0.4, 0.5) is 4.79 Å². The van der Waals surface area contributed by atoms with Crippen LogP contribution in [0.3, 0.4) is 0 Å². The number of nitrogens with zero attached hydrogens (tertiary/aromatic N) is 1. The Morgan fingerprint density at radius 3 is 2.67 bits per heavy atom. The predicted octanol–water partition coefficient (Wildman–Crippen LogP) is 3.05. The number of ether oxygens (including phenoxy) is 2. The zero-order valence-electron chi connectivity index (χ0n) is 16.2. The maximum Gasteiger partial charge on any atom is 0.408 e. The van der Waals surface area contributed by atoms with Gasteiger partial charge < -0.3 is 24.6 Å². The van der Waals surface area contributed by atoms with Crippen LogP contribution in [-0.2, 0) is 14.3 Å². The number of hydrogen-bond donors (Lipinski definition) is 2. The van der Waals surface area contributed by atoms with Crippen LogP contribution in [0, 0.1) is 0 Å². The monoisotopic (exact) mass is 407 g/mol. The number of aromatic nitrogens is 2. The lowest BCUT2D eigenvalue weighted by molar-refractivity contribution is -0.124. The summed E-state index contributed by atoms with van der Waals surface area (Å²) in [4.78, 5) is 42.5. The van der Waals surface area contributed by atoms with Gasteiger partial charge in [-0.25, -0.2) is 9.78 Å². The molecule has 0 aliphatic rings. The van der Waals surface area contributed by atoms with Crippen molar-refractivity contribution in [2.75, 3.05) is 13.2 Å². The van der Waals surface area contributed by atoms with Gasteiger partial charge in [0, 0.05) is 18.8 Å². The Hall–Kier alpha value is -3.94. The number of hydrogen-bond acceptors (Lipinski definition) is 6. The van der Waals surface area contributed by atoms with E-state index in [1.807, 2.05) is 36.4 Å². The lowest BCUT2D eigenvalue weighted by atomic mass is 10.1. The van der Waals surface area contributed by atoms with Crippen LogP contribution in [0.2, 0.25) is 0 Å². The highest BCUT2D eigenvalue weighted by atomic mass is 16.5. The SMILES string of the molecule is C=CCOC(=O)N[C@@H](CC=O)C(=O)COc1cc2ccccc2cc1-c1ncc[nH]1. The van der Waals surface area contributed by atoms with E-state index in [9.17, 15) is 14.4 Å². The van der Waals surface area contributed by atoms with E-state index < -0.39 is 17.9 Å². The summed E-state index contributed by atoms with van der Waals surface area (Å²) in [6.07, 6.45) is 4.28. The molecule has 3 aromatic rings. The number of amides is 1. The second-order valence-electron chi connectivity index (χ2n) is 6.37. The molecular formula is C22H21N3O5. The second-order valence-corrected chi connectivity index (χ2v) is 6.37. The first-order valence-electron chi connectivity index (χ1n) is 9.28. The molecule has 0 aliphatic heterocycles. The molecule has 0 bridgehead atoms. The van der Waals surface area contributed by atoms with E-state index in [0.717, 1.165) is 10.8 Å². The number of carbonyl (C=O) groups excluding carboxylic acids is 3. The summed E-state index contributed by atoms with van der Waals surface area (Å²) in [7, 11) is 0. The maximum absolute atomic E-state index is 12.6. The minimum absolute atomic E-state index is 0.00602. The highest BCUT2D eigenvalue weighted by molar-refractivity contribution is 5.92. The molecule has 0 radical (unpaired) electrons. The van der Waals surface area contributed by atoms with Crippen LogP contribution in [0.25, 0.3) is 22.2 Å². The minimum atomic E-state index is -1.05. The first kappa shape index (κ1) is 20.8. The van der Waals surface area contributed by atoms with Crippen molar-refractivity contribution >= 4 is 28.9 Å². The lowest BCUT2D eigenvalue weighted by Crippen LogP contribution is -2.43. The first-order chi connectivity index (χ1) is 14.6. The summed E-state index contributed by atoms with van der Waals surface area (Å²) in [6, 6.07) is 10.4. The normalized spacial score (nSPS) is 11.5. The third kappa shape index (κ3) is 5.11. The molecule has 1 atom stereocenters. The van der Waals surface area contributed by atoms with Gasteiger partial charge in [0.15, 0.2) is 5.78 Å². The van der Waals surface area contributed by atoms with Crippen molar-refractivity contribution in [3.05, 3.63) is 61.4 Å². The quantitative estimate of drug-likeness (QED) is 0.395. The van der Waals surface area contributed by atoms with Gasteiger partial charge in [-0.3, -0.25) is 4.79 Å². The molecule has 0 unspecified atom stereocenters. The van der Waals surface area contributed by atoms with Crippen molar-refractivity contribution < 1.29 is 23.9 Å². The average Bonchev–Trinajstić information content (AvgIpc) is 3.29. The molecular weight excluding hydrogens is 386 g/mol. The molecule has 0 fully saturated rings. The largest absolute Gasteiger partial charge is 0.485 e. The average molecular weight is 407 g/mol. The molecule has 30 heavy (non-hydrogen) atoms. The molecule has 0 saturated heterocycles. The van der Waals surface area contributed by atoms with Gasteiger partial charge in [0.25, 0.3) is 0 Å². The van der Waals surface area contributed by atoms with E-state index in [1.165, 1.54) is 6.08 Å². The van der Waals surface area contributed by atoms with Crippen LogP contribution >= 0.6 is 0 Å². The number of benzene rings is 2. The van der Waals surface area contributed by atoms with Crippen molar-refractivity contribution in [2.45, 2.75) is 12.5 Å². The van der Waals surface area contributed by atoms with Gasteiger partial charge in [0.05, 0.1) is 5.56 Å². The standard InChI is InChI=1S/C22H21N3O5/c1-2-11-29-22(28)25-18(7-10-26)19(27)14-30-20-13-16-6-4-3-5-15(16)12-17(20)21-23-8-9-24-21/h2-6,8-10,12-13,18H,1,7,11,14H2,(H,23,24)(H,25,28)/t18-/m0/s1. The van der Waals surface area contributed by atoms with E-state index >= 15 is 0 Å². The molecule has 2 N–H and O–H groups in total. The number of Topliss-reactive ketones (excluding diaryl/α,β-unsaturated/α-hetero) is 1. The van der Waals surface area contributed by atoms with Crippen molar-refractivity contribution in [2.24, 2.45) is 0 Å². The Morgan fingerprint density at radius 2 is 2.00 bits per heavy atom. The Kier molecular flexibility index (Phi) is 6.94. The van der Waals surface area contributed by atoms with Crippen LogP contribution in [0.1, 0.15) is 6.42 Å². The fourth-order valence-corrected chi connectivity index (χ4v) is 2.87. The predicted molar refractivity (Wildman–Crippen MR) is 111 cm³/mol. The van der Waals surface area contributed by atoms with Crippen LogP contribution in [0.5, 0.6) is 5.75 Å². The van der Waals surface area contributed by atoms with Crippen molar-refractivity contribution in [3.8, 4) is 17.1 Å². The van der Waals surface area contributed by atoms with E-state index in [0.29, 0.717) is 23.4 Å². The van der Waals surface area contributed by atoms with Crippen molar-refractivity contribution in [1.82, 2.24) is 15.3 Å². The first-order valence-corrected chi connectivity index (χ1v) is 9.28. The fourth-order valence-electron chi connectivity index (χ4n) is 2.87. The number of alkyl carbamates (subject to hydrolysis) is 1. The van der Waals surface area contributed by atoms with Gasteiger partial charge in [0.1, 0.15) is 37.1 Å². The van der Waals surface area contributed by atoms with Crippen molar-refractivity contribution in [1.29, 1.82) is 0 Å². The number of H-pyrrole nitrogens is 1. The number of nitrogens with one attached hydrogen (secondary N) is 2. The Balaban J connectivity index is 1.78. The number of aldehydes is 1. The van der Waals surface area contributed by atoms with Gasteiger partial charge in [-0.1, -0.05) is 36.9 Å². The van der Waals surface area contributed by atoms with Gasteiger partial charge in [-0.05, 0) is 22.9 Å². The Morgan fingerprint density at radius 1 is 1.23 bits per heavy atom. The van der Waals surface area contributed by atoms with E-state index in [4.69, 9.17) is 9.47 Å². The van der Waals surface area contributed by atoms with E-state index in [2.05, 4.69) is 21.9 Å². The highest BCUT2D eigenvalue weighted by Gasteiger charge is 2.22. The third-order valence-corrected chi connectivity index (χ3v) is 4.32. The lowest BCUT2D eigenvalue weighted by Gasteiger charge is -2.16. The van der Waals surface area contributed by atoms with Gasteiger partial charge in [-0.15, -0.1) is 0 Å². The molecule has 1 heterocycles. The van der Waals surface area contributed by atoms with E-state index in [-0.39, 0.29) is 19.6 Å². The zero-order chi connectivity index (χ0) is 21.3. The molecule has 154 valence electrons. The summed E-state index contributed by atoms with van der Waals surface area (Å²) in [5, 5.41) is 4.30.